The summed E-state index contributed by atoms with van der Waals surface area (Å²) in [5, 5.41) is 4.03. The lowest BCUT2D eigenvalue weighted by molar-refractivity contribution is 0.140. The summed E-state index contributed by atoms with van der Waals surface area (Å²) in [6.45, 7) is 7.73. The summed E-state index contributed by atoms with van der Waals surface area (Å²) in [6, 6.07) is 5.39. The van der Waals surface area contributed by atoms with Crippen molar-refractivity contribution in [2.75, 3.05) is 20.3 Å². The Kier molecular flexibility index (Phi) is 7.53. The van der Waals surface area contributed by atoms with E-state index in [0.29, 0.717) is 36.3 Å². The average Bonchev–Trinajstić information content (AvgIpc) is 3.00. The number of ether oxygens (including phenoxy) is 1. The summed E-state index contributed by atoms with van der Waals surface area (Å²) >= 11 is 12.1. The van der Waals surface area contributed by atoms with Crippen LogP contribution in [-0.4, -0.2) is 46.3 Å². The van der Waals surface area contributed by atoms with Crippen molar-refractivity contribution in [1.29, 1.82) is 0 Å². The van der Waals surface area contributed by atoms with Crippen molar-refractivity contribution in [2.24, 2.45) is 0 Å². The van der Waals surface area contributed by atoms with Gasteiger partial charge in [0.2, 0.25) is 0 Å². The maximum atomic E-state index is 12.6. The number of imidazole rings is 1. The van der Waals surface area contributed by atoms with E-state index in [1.165, 1.54) is 0 Å². The third kappa shape index (κ3) is 6.72. The van der Waals surface area contributed by atoms with Crippen LogP contribution in [0.2, 0.25) is 10.0 Å². The van der Waals surface area contributed by atoms with Gasteiger partial charge in [-0.25, -0.2) is 9.78 Å². The van der Waals surface area contributed by atoms with E-state index in [9.17, 15) is 4.79 Å². The van der Waals surface area contributed by atoms with Crippen LogP contribution in [0.1, 0.15) is 32.2 Å². The molecule has 148 valence electrons. The maximum absolute atomic E-state index is 12.6. The van der Waals surface area contributed by atoms with Gasteiger partial charge in [0.1, 0.15) is 5.82 Å². The smallest absolute Gasteiger partial charge is 0.318 e. The molecule has 8 heteroatoms. The molecule has 0 fully saturated rings. The van der Waals surface area contributed by atoms with Gasteiger partial charge >= 0.3 is 6.03 Å². The number of hydrogen-bond donors (Lipinski definition) is 1. The van der Waals surface area contributed by atoms with Crippen LogP contribution < -0.4 is 5.32 Å². The molecule has 2 amide bonds. The largest absolute Gasteiger partial charge is 0.383 e. The molecule has 2 rings (SSSR count). The molecule has 1 aromatic heterocycles. The van der Waals surface area contributed by atoms with Gasteiger partial charge in [-0.05, 0) is 38.5 Å². The minimum absolute atomic E-state index is 0.149. The molecule has 0 bridgehead atoms. The first kappa shape index (κ1) is 21.5. The van der Waals surface area contributed by atoms with Gasteiger partial charge in [-0.2, -0.15) is 0 Å². The van der Waals surface area contributed by atoms with Gasteiger partial charge in [-0.3, -0.25) is 0 Å². The van der Waals surface area contributed by atoms with E-state index in [2.05, 4.69) is 10.3 Å². The van der Waals surface area contributed by atoms with Crippen LogP contribution in [0.3, 0.4) is 0 Å². The quantitative estimate of drug-likeness (QED) is 0.741. The number of aromatic nitrogens is 2. The normalized spacial score (nSPS) is 11.5. The molecule has 0 saturated heterocycles. The highest BCUT2D eigenvalue weighted by atomic mass is 35.5. The first-order valence-electron chi connectivity index (χ1n) is 8.69. The van der Waals surface area contributed by atoms with Crippen LogP contribution in [0.15, 0.2) is 30.6 Å². The molecule has 0 unspecified atom stereocenters. The van der Waals surface area contributed by atoms with Crippen molar-refractivity contribution in [3.63, 3.8) is 0 Å². The molecule has 0 aliphatic heterocycles. The fourth-order valence-corrected chi connectivity index (χ4v) is 2.82. The van der Waals surface area contributed by atoms with Crippen molar-refractivity contribution in [3.05, 3.63) is 52.0 Å². The molecule has 27 heavy (non-hydrogen) atoms. The van der Waals surface area contributed by atoms with E-state index in [1.54, 1.807) is 24.3 Å². The Morgan fingerprint density at radius 3 is 2.67 bits per heavy atom. The van der Waals surface area contributed by atoms with Crippen molar-refractivity contribution in [2.45, 2.75) is 39.4 Å². The monoisotopic (exact) mass is 412 g/mol. The van der Waals surface area contributed by atoms with Gasteiger partial charge in [0.15, 0.2) is 0 Å². The number of rotatable bonds is 7. The van der Waals surface area contributed by atoms with E-state index < -0.39 is 0 Å². The molecule has 1 aromatic carbocycles. The molecule has 0 atom stereocenters. The third-order valence-corrected chi connectivity index (χ3v) is 4.54. The molecule has 0 aliphatic carbocycles. The van der Waals surface area contributed by atoms with Crippen molar-refractivity contribution >= 4 is 29.2 Å². The fraction of sp³-hybridized carbons (Fsp3) is 0.474. The first-order chi connectivity index (χ1) is 12.7. The standard InChI is InChI=1S/C19H26Cl2N4O2/c1-19(2,3)23-18(26)25(9-10-27-4)13-17-22-7-8-24(17)12-14-5-6-15(20)16(21)11-14/h5-8,11H,9-10,12-13H2,1-4H3,(H,23,26). The number of urea groups is 1. The van der Waals surface area contributed by atoms with Crippen molar-refractivity contribution in [3.8, 4) is 0 Å². The lowest BCUT2D eigenvalue weighted by Gasteiger charge is -2.28. The summed E-state index contributed by atoms with van der Waals surface area (Å²) in [4.78, 5) is 18.8. The molecule has 1 heterocycles. The highest BCUT2D eigenvalue weighted by Crippen LogP contribution is 2.23. The Morgan fingerprint density at radius 1 is 1.30 bits per heavy atom. The number of nitrogens with one attached hydrogen (secondary N) is 1. The number of hydrogen-bond acceptors (Lipinski definition) is 3. The predicted octanol–water partition coefficient (Wildman–Crippen LogP) is 4.19. The molecule has 0 radical (unpaired) electrons. The van der Waals surface area contributed by atoms with E-state index in [4.69, 9.17) is 27.9 Å². The van der Waals surface area contributed by atoms with Gasteiger partial charge in [0.25, 0.3) is 0 Å². The Labute approximate surface area is 170 Å². The number of benzene rings is 1. The lowest BCUT2D eigenvalue weighted by Crippen LogP contribution is -2.49. The van der Waals surface area contributed by atoms with Gasteiger partial charge in [-0.1, -0.05) is 29.3 Å². The number of methoxy groups -OCH3 is 1. The van der Waals surface area contributed by atoms with Gasteiger partial charge in [-0.15, -0.1) is 0 Å². The molecular weight excluding hydrogens is 387 g/mol. The van der Waals surface area contributed by atoms with Crippen LogP contribution in [0.25, 0.3) is 0 Å². The predicted molar refractivity (Wildman–Crippen MR) is 108 cm³/mol. The number of nitrogens with zero attached hydrogens (tertiary/aromatic N) is 3. The number of halogens is 2. The van der Waals surface area contributed by atoms with Crippen LogP contribution in [-0.2, 0) is 17.8 Å². The van der Waals surface area contributed by atoms with Crippen LogP contribution in [0.4, 0.5) is 4.79 Å². The second kappa shape index (κ2) is 9.44. The maximum Gasteiger partial charge on any atom is 0.318 e. The third-order valence-electron chi connectivity index (χ3n) is 3.81. The number of carbonyl (C=O) groups is 1. The molecule has 1 N–H and O–H groups in total. The summed E-state index contributed by atoms with van der Waals surface area (Å²) in [5.41, 5.74) is 0.684. The topological polar surface area (TPSA) is 59.4 Å². The SMILES string of the molecule is COCCN(Cc1nccn1Cc1ccc(Cl)c(Cl)c1)C(=O)NC(C)(C)C. The van der Waals surface area contributed by atoms with Crippen LogP contribution in [0.5, 0.6) is 0 Å². The summed E-state index contributed by atoms with van der Waals surface area (Å²) in [7, 11) is 1.62. The van der Waals surface area contributed by atoms with Gasteiger partial charge < -0.3 is 19.5 Å². The molecule has 0 saturated carbocycles. The van der Waals surface area contributed by atoms with Crippen molar-refractivity contribution < 1.29 is 9.53 Å². The first-order valence-corrected chi connectivity index (χ1v) is 9.45. The Hall–Kier alpha value is -1.76. The Morgan fingerprint density at radius 2 is 2.04 bits per heavy atom. The summed E-state index contributed by atoms with van der Waals surface area (Å²) in [5.74, 6) is 0.779. The lowest BCUT2D eigenvalue weighted by atomic mass is 10.1. The highest BCUT2D eigenvalue weighted by molar-refractivity contribution is 6.42. The van der Waals surface area contributed by atoms with E-state index >= 15 is 0 Å². The van der Waals surface area contributed by atoms with Gasteiger partial charge in [0.05, 0.1) is 23.2 Å². The fourth-order valence-electron chi connectivity index (χ4n) is 2.49. The Balaban J connectivity index is 2.14. The molecule has 0 spiro atoms. The zero-order valence-electron chi connectivity index (χ0n) is 16.1. The van der Waals surface area contributed by atoms with Crippen LogP contribution >= 0.6 is 23.2 Å². The zero-order chi connectivity index (χ0) is 20.0. The number of carbonyl (C=O) groups excluding carboxylic acids is 1. The van der Waals surface area contributed by atoms with Crippen molar-refractivity contribution in [1.82, 2.24) is 19.8 Å². The van der Waals surface area contributed by atoms with Gasteiger partial charge in [0, 0.05) is 38.1 Å². The summed E-state index contributed by atoms with van der Waals surface area (Å²) < 4.78 is 7.14. The second-order valence-corrected chi connectivity index (χ2v) is 8.13. The highest BCUT2D eigenvalue weighted by Gasteiger charge is 2.21. The second-order valence-electron chi connectivity index (χ2n) is 7.31. The zero-order valence-corrected chi connectivity index (χ0v) is 17.6. The number of amides is 2. The molecular formula is C19H26Cl2N4O2. The minimum atomic E-state index is -0.322. The van der Waals surface area contributed by atoms with Crippen LogP contribution in [0, 0.1) is 0 Å². The minimum Gasteiger partial charge on any atom is -0.383 e. The summed E-state index contributed by atoms with van der Waals surface area (Å²) in [6.07, 6.45) is 3.61. The van der Waals surface area contributed by atoms with E-state index in [0.717, 1.165) is 11.4 Å². The molecule has 6 nitrogen and oxygen atoms in total. The Bertz CT molecular complexity index is 771. The van der Waals surface area contributed by atoms with E-state index in [1.807, 2.05) is 43.7 Å². The molecule has 2 aromatic rings. The van der Waals surface area contributed by atoms with E-state index in [-0.39, 0.29) is 11.6 Å². The average molecular weight is 413 g/mol. The molecule has 0 aliphatic rings.